The Bertz CT molecular complexity index is 620. The zero-order chi connectivity index (χ0) is 17.5. The molecule has 3 nitrogen and oxygen atoms in total. The standard InChI is InChI=1S/C15H15ClF4N2O/c1-7-6-22(13(8(7)2)14(23)15(18,19)20)9-3-11(16)10(5-21)12(17)4-9/h3-4,7-8,13-14,23H,6H2,1-2H3/t7-,8-,13+,14-/m0/s1. The van der Waals surface area contributed by atoms with Crippen LogP contribution in [0.1, 0.15) is 19.4 Å². The number of anilines is 1. The van der Waals surface area contributed by atoms with Gasteiger partial charge >= 0.3 is 6.18 Å². The summed E-state index contributed by atoms with van der Waals surface area (Å²) < 4.78 is 52.7. The minimum absolute atomic E-state index is 0.121. The van der Waals surface area contributed by atoms with Gasteiger partial charge in [0.1, 0.15) is 17.4 Å². The van der Waals surface area contributed by atoms with Crippen molar-refractivity contribution in [3.8, 4) is 6.07 Å². The summed E-state index contributed by atoms with van der Waals surface area (Å²) in [5.41, 5.74) is -0.236. The second kappa shape index (κ2) is 6.17. The molecule has 1 heterocycles. The molecule has 23 heavy (non-hydrogen) atoms. The maximum atomic E-state index is 13.9. The molecular weight excluding hydrogens is 336 g/mol. The SMILES string of the molecule is C[C@@H]1[C@H]([C@H](O)C(F)(F)F)N(c2cc(F)c(C#N)c(Cl)c2)C[C@@H]1C. The predicted octanol–water partition coefficient (Wildman–Crippen LogP) is 3.73. The van der Waals surface area contributed by atoms with Crippen molar-refractivity contribution in [1.29, 1.82) is 5.26 Å². The number of aliphatic hydroxyl groups is 1. The van der Waals surface area contributed by atoms with Gasteiger partial charge in [-0.2, -0.15) is 18.4 Å². The van der Waals surface area contributed by atoms with Gasteiger partial charge in [-0.25, -0.2) is 4.39 Å². The predicted molar refractivity (Wildman–Crippen MR) is 77.6 cm³/mol. The van der Waals surface area contributed by atoms with Gasteiger partial charge in [-0.1, -0.05) is 25.4 Å². The molecule has 1 aliphatic rings. The average molecular weight is 351 g/mol. The topological polar surface area (TPSA) is 47.3 Å². The van der Waals surface area contributed by atoms with E-state index in [0.717, 1.165) is 6.07 Å². The number of hydrogen-bond donors (Lipinski definition) is 1. The van der Waals surface area contributed by atoms with Crippen molar-refractivity contribution in [1.82, 2.24) is 0 Å². The number of alkyl halides is 3. The number of nitrogens with zero attached hydrogens (tertiary/aromatic N) is 2. The number of rotatable bonds is 2. The summed E-state index contributed by atoms with van der Waals surface area (Å²) >= 11 is 5.83. The molecule has 1 fully saturated rings. The maximum Gasteiger partial charge on any atom is 0.416 e. The van der Waals surface area contributed by atoms with Crippen molar-refractivity contribution in [2.24, 2.45) is 11.8 Å². The van der Waals surface area contributed by atoms with E-state index in [1.54, 1.807) is 19.9 Å². The van der Waals surface area contributed by atoms with Gasteiger partial charge < -0.3 is 10.0 Å². The molecule has 0 aromatic heterocycles. The van der Waals surface area contributed by atoms with Crippen LogP contribution >= 0.6 is 11.6 Å². The monoisotopic (exact) mass is 350 g/mol. The van der Waals surface area contributed by atoms with Crippen LogP contribution in [0.3, 0.4) is 0 Å². The second-order valence-electron chi connectivity index (χ2n) is 5.86. The summed E-state index contributed by atoms with van der Waals surface area (Å²) in [7, 11) is 0. The first kappa shape index (κ1) is 17.8. The van der Waals surface area contributed by atoms with E-state index in [4.69, 9.17) is 16.9 Å². The second-order valence-corrected chi connectivity index (χ2v) is 6.27. The van der Waals surface area contributed by atoms with Gasteiger partial charge in [-0.15, -0.1) is 0 Å². The smallest absolute Gasteiger partial charge is 0.382 e. The molecule has 0 saturated carbocycles. The third-order valence-corrected chi connectivity index (χ3v) is 4.71. The zero-order valence-electron chi connectivity index (χ0n) is 12.4. The van der Waals surface area contributed by atoms with Gasteiger partial charge in [0.15, 0.2) is 6.10 Å². The van der Waals surface area contributed by atoms with Crippen molar-refractivity contribution in [2.75, 3.05) is 11.4 Å². The van der Waals surface area contributed by atoms with E-state index < -0.39 is 30.1 Å². The first-order valence-electron chi connectivity index (χ1n) is 6.98. The lowest BCUT2D eigenvalue weighted by molar-refractivity contribution is -0.211. The van der Waals surface area contributed by atoms with Crippen LogP contribution < -0.4 is 4.90 Å². The fourth-order valence-electron chi connectivity index (χ4n) is 2.98. The largest absolute Gasteiger partial charge is 0.416 e. The van der Waals surface area contributed by atoms with Gasteiger partial charge in [0.05, 0.1) is 11.1 Å². The third-order valence-electron chi connectivity index (χ3n) is 4.41. The normalized spacial score (nSPS) is 26.2. The highest BCUT2D eigenvalue weighted by atomic mass is 35.5. The molecule has 1 aromatic carbocycles. The molecule has 1 N–H and O–H groups in total. The van der Waals surface area contributed by atoms with Crippen molar-refractivity contribution in [2.45, 2.75) is 32.2 Å². The van der Waals surface area contributed by atoms with Crippen LogP contribution in [0.2, 0.25) is 5.02 Å². The van der Waals surface area contributed by atoms with Crippen LogP contribution in [-0.2, 0) is 0 Å². The number of nitriles is 1. The highest BCUT2D eigenvalue weighted by Crippen LogP contribution is 2.40. The van der Waals surface area contributed by atoms with Crippen LogP contribution in [0.4, 0.5) is 23.2 Å². The van der Waals surface area contributed by atoms with E-state index in [9.17, 15) is 22.7 Å². The molecule has 2 rings (SSSR count). The molecule has 1 aliphatic heterocycles. The van der Waals surface area contributed by atoms with Gasteiger partial charge in [-0.3, -0.25) is 0 Å². The molecule has 0 aliphatic carbocycles. The Balaban J connectivity index is 2.47. The van der Waals surface area contributed by atoms with Crippen molar-refractivity contribution in [3.63, 3.8) is 0 Å². The Kier molecular flexibility index (Phi) is 4.79. The lowest BCUT2D eigenvalue weighted by Gasteiger charge is -2.33. The number of halogens is 5. The minimum Gasteiger partial charge on any atom is -0.382 e. The Morgan fingerprint density at radius 1 is 1.39 bits per heavy atom. The lowest BCUT2D eigenvalue weighted by Crippen LogP contribution is -2.49. The molecule has 0 amide bonds. The fraction of sp³-hybridized carbons (Fsp3) is 0.533. The summed E-state index contributed by atoms with van der Waals surface area (Å²) in [6, 6.07) is 2.59. The first-order chi connectivity index (χ1) is 10.6. The number of hydrogen-bond acceptors (Lipinski definition) is 3. The minimum atomic E-state index is -4.78. The molecule has 0 unspecified atom stereocenters. The van der Waals surface area contributed by atoms with E-state index in [0.29, 0.717) is 0 Å². The maximum absolute atomic E-state index is 13.9. The Morgan fingerprint density at radius 3 is 2.48 bits per heavy atom. The molecule has 0 bridgehead atoms. The number of benzene rings is 1. The van der Waals surface area contributed by atoms with E-state index >= 15 is 0 Å². The summed E-state index contributed by atoms with van der Waals surface area (Å²) in [6.45, 7) is 3.61. The van der Waals surface area contributed by atoms with Crippen LogP contribution in [0.5, 0.6) is 0 Å². The lowest BCUT2D eigenvalue weighted by atomic mass is 9.90. The van der Waals surface area contributed by atoms with Crippen LogP contribution in [0.15, 0.2) is 12.1 Å². The molecule has 8 heteroatoms. The Labute approximate surface area is 136 Å². The van der Waals surface area contributed by atoms with Crippen LogP contribution in [0, 0.1) is 29.0 Å². The summed E-state index contributed by atoms with van der Waals surface area (Å²) in [5.74, 6) is -1.49. The molecular formula is C15H15ClF4N2O. The third kappa shape index (κ3) is 3.24. The molecule has 1 saturated heterocycles. The first-order valence-corrected chi connectivity index (χ1v) is 7.36. The quantitative estimate of drug-likeness (QED) is 0.827. The highest BCUT2D eigenvalue weighted by Gasteiger charge is 2.51. The fourth-order valence-corrected chi connectivity index (χ4v) is 3.22. The van der Waals surface area contributed by atoms with Crippen LogP contribution in [0.25, 0.3) is 0 Å². The summed E-state index contributed by atoms with van der Waals surface area (Å²) in [6.07, 6.45) is -7.34. The molecule has 0 spiro atoms. The van der Waals surface area contributed by atoms with Crippen molar-refractivity contribution >= 4 is 17.3 Å². The van der Waals surface area contributed by atoms with Crippen LogP contribution in [-0.4, -0.2) is 30.0 Å². The Morgan fingerprint density at radius 2 is 2.00 bits per heavy atom. The van der Waals surface area contributed by atoms with Gasteiger partial charge in [0.25, 0.3) is 0 Å². The van der Waals surface area contributed by atoms with Gasteiger partial charge in [0.2, 0.25) is 0 Å². The van der Waals surface area contributed by atoms with E-state index in [1.807, 2.05) is 0 Å². The van der Waals surface area contributed by atoms with Gasteiger partial charge in [-0.05, 0) is 24.0 Å². The molecule has 1 aromatic rings. The molecule has 4 atom stereocenters. The molecule has 126 valence electrons. The zero-order valence-corrected chi connectivity index (χ0v) is 13.2. The van der Waals surface area contributed by atoms with Gasteiger partial charge in [0, 0.05) is 12.2 Å². The average Bonchev–Trinajstić information content (AvgIpc) is 2.72. The molecule has 0 radical (unpaired) electrons. The number of aliphatic hydroxyl groups excluding tert-OH is 1. The summed E-state index contributed by atoms with van der Waals surface area (Å²) in [5, 5.41) is 18.3. The summed E-state index contributed by atoms with van der Waals surface area (Å²) in [4.78, 5) is 1.31. The Hall–Kier alpha value is -1.52. The van der Waals surface area contributed by atoms with E-state index in [1.165, 1.54) is 11.0 Å². The van der Waals surface area contributed by atoms with E-state index in [-0.39, 0.29) is 28.7 Å². The highest BCUT2D eigenvalue weighted by molar-refractivity contribution is 6.32. The van der Waals surface area contributed by atoms with E-state index in [2.05, 4.69) is 0 Å². The van der Waals surface area contributed by atoms with Crippen molar-refractivity contribution in [3.05, 3.63) is 28.5 Å². The van der Waals surface area contributed by atoms with Crippen molar-refractivity contribution < 1.29 is 22.7 Å².